The second kappa shape index (κ2) is 9.02. The zero-order valence-electron chi connectivity index (χ0n) is 14.5. The van der Waals surface area contributed by atoms with E-state index in [9.17, 15) is 4.79 Å². The number of carbonyl (C=O) groups is 1. The molecule has 1 aliphatic carbocycles. The Kier molecular flexibility index (Phi) is 7.32. The van der Waals surface area contributed by atoms with Gasteiger partial charge in [-0.3, -0.25) is 4.79 Å². The number of nitrogens with zero attached hydrogens (tertiary/aromatic N) is 3. The van der Waals surface area contributed by atoms with Gasteiger partial charge in [0.15, 0.2) is 5.16 Å². The Balaban J connectivity index is 0.00000208. The monoisotopic (exact) mass is 370 g/mol. The molecule has 0 bridgehead atoms. The lowest BCUT2D eigenvalue weighted by atomic mass is 10.0. The molecule has 2 heterocycles. The van der Waals surface area contributed by atoms with Crippen LogP contribution in [0.4, 0.5) is 0 Å². The molecule has 0 unspecified atom stereocenters. The van der Waals surface area contributed by atoms with Gasteiger partial charge in [0, 0.05) is 30.5 Å². The van der Waals surface area contributed by atoms with Crippen molar-refractivity contribution in [2.24, 2.45) is 5.92 Å². The molecule has 1 aromatic rings. The van der Waals surface area contributed by atoms with Gasteiger partial charge in [-0.15, -0.1) is 12.4 Å². The first-order chi connectivity index (χ1) is 11.1. The first-order valence-electron chi connectivity index (χ1n) is 8.56. The van der Waals surface area contributed by atoms with Gasteiger partial charge in [0.05, 0.1) is 5.75 Å². The molecule has 134 valence electrons. The number of carbonyl (C=O) groups excluding carboxylic acids is 1. The largest absolute Gasteiger partial charge is 0.342 e. The van der Waals surface area contributed by atoms with Gasteiger partial charge in [-0.2, -0.15) is 0 Å². The summed E-state index contributed by atoms with van der Waals surface area (Å²) < 4.78 is 0. The lowest BCUT2D eigenvalue weighted by Gasteiger charge is -2.32. The molecule has 24 heavy (non-hydrogen) atoms. The summed E-state index contributed by atoms with van der Waals surface area (Å²) in [6.45, 7) is 6.82. The summed E-state index contributed by atoms with van der Waals surface area (Å²) in [6, 6.07) is 2.54. The molecule has 1 aliphatic heterocycles. The topological polar surface area (TPSA) is 58.1 Å². The second-order valence-corrected chi connectivity index (χ2v) is 7.67. The van der Waals surface area contributed by atoms with Crippen molar-refractivity contribution in [2.75, 3.05) is 25.4 Å². The van der Waals surface area contributed by atoms with Gasteiger partial charge >= 0.3 is 0 Å². The third-order valence-corrected chi connectivity index (χ3v) is 5.36. The van der Waals surface area contributed by atoms with E-state index >= 15 is 0 Å². The average Bonchev–Trinajstić information content (AvgIpc) is 3.34. The Morgan fingerprint density at radius 3 is 2.42 bits per heavy atom. The van der Waals surface area contributed by atoms with Gasteiger partial charge < -0.3 is 10.2 Å². The number of hydrogen-bond acceptors (Lipinski definition) is 5. The summed E-state index contributed by atoms with van der Waals surface area (Å²) in [5, 5.41) is 4.36. The maximum atomic E-state index is 12.4. The van der Waals surface area contributed by atoms with E-state index in [0.717, 1.165) is 43.2 Å². The minimum Gasteiger partial charge on any atom is -0.342 e. The highest BCUT2D eigenvalue weighted by atomic mass is 35.5. The van der Waals surface area contributed by atoms with E-state index in [0.29, 0.717) is 17.0 Å². The number of aryl methyl sites for hydroxylation is 2. The van der Waals surface area contributed by atoms with Gasteiger partial charge in [0.2, 0.25) is 5.91 Å². The third-order valence-electron chi connectivity index (χ3n) is 4.53. The van der Waals surface area contributed by atoms with E-state index in [4.69, 9.17) is 0 Å². The number of nitrogens with one attached hydrogen (secondary N) is 1. The van der Waals surface area contributed by atoms with Crippen molar-refractivity contribution in [1.82, 2.24) is 20.2 Å². The number of amides is 1. The number of hydrogen-bond donors (Lipinski definition) is 1. The average molecular weight is 371 g/mol. The van der Waals surface area contributed by atoms with Crippen LogP contribution in [0.25, 0.3) is 0 Å². The molecule has 2 aliphatic rings. The van der Waals surface area contributed by atoms with Crippen LogP contribution in [0.1, 0.15) is 37.1 Å². The molecule has 1 saturated carbocycles. The van der Waals surface area contributed by atoms with Crippen LogP contribution in [0.15, 0.2) is 11.2 Å². The van der Waals surface area contributed by atoms with Crippen molar-refractivity contribution in [3.8, 4) is 0 Å². The zero-order chi connectivity index (χ0) is 16.2. The molecule has 0 radical (unpaired) electrons. The first-order valence-corrected chi connectivity index (χ1v) is 9.55. The molecule has 1 N–H and O–H groups in total. The lowest BCUT2D eigenvalue weighted by Crippen LogP contribution is -2.45. The summed E-state index contributed by atoms with van der Waals surface area (Å²) in [5.74, 6) is 1.56. The van der Waals surface area contributed by atoms with Gasteiger partial charge in [0.25, 0.3) is 0 Å². The second-order valence-electron chi connectivity index (χ2n) is 6.73. The van der Waals surface area contributed by atoms with Crippen LogP contribution in [0.2, 0.25) is 0 Å². The molecule has 2 fully saturated rings. The van der Waals surface area contributed by atoms with E-state index < -0.39 is 0 Å². The van der Waals surface area contributed by atoms with Crippen molar-refractivity contribution < 1.29 is 4.79 Å². The van der Waals surface area contributed by atoms with Gasteiger partial charge in [-0.25, -0.2) is 9.97 Å². The molecule has 5 nitrogen and oxygen atoms in total. The van der Waals surface area contributed by atoms with Crippen LogP contribution in [0, 0.1) is 19.8 Å². The van der Waals surface area contributed by atoms with Gasteiger partial charge in [-0.1, -0.05) is 11.8 Å². The molecule has 1 amide bonds. The smallest absolute Gasteiger partial charge is 0.233 e. The van der Waals surface area contributed by atoms with Crippen molar-refractivity contribution in [2.45, 2.75) is 50.7 Å². The molecular formula is C17H27ClN4OS. The molecule has 1 saturated heterocycles. The summed E-state index contributed by atoms with van der Waals surface area (Å²) in [7, 11) is 0. The summed E-state index contributed by atoms with van der Waals surface area (Å²) >= 11 is 1.44. The first kappa shape index (κ1) is 19.5. The molecule has 0 atom stereocenters. The zero-order valence-corrected chi connectivity index (χ0v) is 16.1. The SMILES string of the molecule is Cc1cc(C)nc(SCC(=O)N2CCC(NCC3CC3)CC2)n1.Cl. The number of thioether (sulfide) groups is 1. The van der Waals surface area contributed by atoms with Crippen molar-refractivity contribution in [3.05, 3.63) is 17.5 Å². The van der Waals surface area contributed by atoms with Crippen molar-refractivity contribution in [1.29, 1.82) is 0 Å². The Bertz CT molecular complexity index is 539. The molecule has 1 aromatic heterocycles. The van der Waals surface area contributed by atoms with Crippen LogP contribution >= 0.6 is 24.2 Å². The molecule has 0 aromatic carbocycles. The fraction of sp³-hybridized carbons (Fsp3) is 0.706. The van der Waals surface area contributed by atoms with Crippen LogP contribution in [0.5, 0.6) is 0 Å². The van der Waals surface area contributed by atoms with E-state index in [2.05, 4.69) is 15.3 Å². The maximum absolute atomic E-state index is 12.4. The maximum Gasteiger partial charge on any atom is 0.233 e. The fourth-order valence-electron chi connectivity index (χ4n) is 2.96. The van der Waals surface area contributed by atoms with Crippen LogP contribution in [-0.2, 0) is 4.79 Å². The predicted octanol–water partition coefficient (Wildman–Crippen LogP) is 2.60. The highest BCUT2D eigenvalue weighted by Gasteiger charge is 2.26. The molecular weight excluding hydrogens is 344 g/mol. The standard InChI is InChI=1S/C17H26N4OS.ClH/c1-12-9-13(2)20-17(19-12)23-11-16(22)21-7-5-15(6-8-21)18-10-14-3-4-14;/h9,14-15,18H,3-8,10-11H2,1-2H3;1H. The lowest BCUT2D eigenvalue weighted by molar-refractivity contribution is -0.129. The Labute approximate surface area is 154 Å². The minimum absolute atomic E-state index is 0. The number of aromatic nitrogens is 2. The predicted molar refractivity (Wildman–Crippen MR) is 99.8 cm³/mol. The number of piperidine rings is 1. The fourth-order valence-corrected chi connectivity index (χ4v) is 3.82. The third kappa shape index (κ3) is 5.90. The highest BCUT2D eigenvalue weighted by molar-refractivity contribution is 7.99. The van der Waals surface area contributed by atoms with E-state index in [1.165, 1.54) is 31.1 Å². The van der Waals surface area contributed by atoms with Crippen LogP contribution < -0.4 is 5.32 Å². The van der Waals surface area contributed by atoms with Crippen molar-refractivity contribution in [3.63, 3.8) is 0 Å². The molecule has 0 spiro atoms. The van der Waals surface area contributed by atoms with Gasteiger partial charge in [-0.05, 0) is 58.1 Å². The quantitative estimate of drug-likeness (QED) is 0.616. The minimum atomic E-state index is 0. The summed E-state index contributed by atoms with van der Waals surface area (Å²) in [5.41, 5.74) is 1.91. The Morgan fingerprint density at radius 1 is 1.21 bits per heavy atom. The molecule has 7 heteroatoms. The van der Waals surface area contributed by atoms with Crippen LogP contribution in [-0.4, -0.2) is 52.2 Å². The summed E-state index contributed by atoms with van der Waals surface area (Å²) in [4.78, 5) is 23.1. The van der Waals surface area contributed by atoms with E-state index in [1.54, 1.807) is 0 Å². The van der Waals surface area contributed by atoms with E-state index in [1.807, 2.05) is 24.8 Å². The number of likely N-dealkylation sites (tertiary alicyclic amines) is 1. The molecule has 3 rings (SSSR count). The number of rotatable bonds is 6. The number of halogens is 1. The van der Waals surface area contributed by atoms with Gasteiger partial charge in [0.1, 0.15) is 0 Å². The Hall–Kier alpha value is -0.850. The highest BCUT2D eigenvalue weighted by Crippen LogP contribution is 2.28. The Morgan fingerprint density at radius 2 is 1.83 bits per heavy atom. The summed E-state index contributed by atoms with van der Waals surface area (Å²) in [6.07, 6.45) is 4.93. The van der Waals surface area contributed by atoms with Crippen LogP contribution in [0.3, 0.4) is 0 Å². The normalized spacial score (nSPS) is 18.3. The van der Waals surface area contributed by atoms with E-state index in [-0.39, 0.29) is 18.3 Å². The van der Waals surface area contributed by atoms with Crippen molar-refractivity contribution >= 4 is 30.1 Å².